The lowest BCUT2D eigenvalue weighted by molar-refractivity contribution is -0.136. The van der Waals surface area contributed by atoms with E-state index in [1.54, 1.807) is 24.3 Å². The van der Waals surface area contributed by atoms with Crippen LogP contribution in [0.2, 0.25) is 0 Å². The Morgan fingerprint density at radius 1 is 1.00 bits per heavy atom. The number of rotatable bonds is 8. The van der Waals surface area contributed by atoms with Crippen LogP contribution in [0.4, 0.5) is 0 Å². The molecule has 7 heteroatoms. The summed E-state index contributed by atoms with van der Waals surface area (Å²) >= 11 is 0. The van der Waals surface area contributed by atoms with Gasteiger partial charge in [0.1, 0.15) is 0 Å². The Bertz CT molecular complexity index is 500. The summed E-state index contributed by atoms with van der Waals surface area (Å²) in [5.74, 6) is -2.11. The van der Waals surface area contributed by atoms with Crippen molar-refractivity contribution in [2.24, 2.45) is 11.5 Å². The Morgan fingerprint density at radius 2 is 1.50 bits per heavy atom. The van der Waals surface area contributed by atoms with Crippen molar-refractivity contribution in [3.63, 3.8) is 0 Å². The Labute approximate surface area is 116 Å². The molecular weight excluding hydrogens is 262 g/mol. The largest absolute Gasteiger partial charge is 0.481 e. The van der Waals surface area contributed by atoms with Crippen LogP contribution in [-0.2, 0) is 27.3 Å². The summed E-state index contributed by atoms with van der Waals surface area (Å²) < 4.78 is 0. The minimum absolute atomic E-state index is 0.121. The Kier molecular flexibility index (Phi) is 5.67. The molecule has 0 fully saturated rings. The number of hydrogen-bond acceptors (Lipinski definition) is 4. The molecule has 0 radical (unpaired) electrons. The summed E-state index contributed by atoms with van der Waals surface area (Å²) in [5, 5.41) is 8.85. The molecule has 0 atom stereocenters. The van der Waals surface area contributed by atoms with Crippen molar-refractivity contribution in [2.75, 3.05) is 13.1 Å². The maximum Gasteiger partial charge on any atom is 0.307 e. The third kappa shape index (κ3) is 5.49. The molecule has 108 valence electrons. The number of carboxylic acid groups (broad SMARTS) is 1. The normalized spacial score (nSPS) is 10.4. The molecule has 5 N–H and O–H groups in total. The average Bonchev–Trinajstić information content (AvgIpc) is 2.29. The number of primary amides is 2. The topological polar surface area (TPSA) is 127 Å². The van der Waals surface area contributed by atoms with Crippen LogP contribution >= 0.6 is 0 Å². The van der Waals surface area contributed by atoms with Gasteiger partial charge in [-0.05, 0) is 11.1 Å². The summed E-state index contributed by atoms with van der Waals surface area (Å²) in [7, 11) is 0. The maximum atomic E-state index is 11.0. The molecule has 0 aliphatic rings. The number of nitrogens with zero attached hydrogens (tertiary/aromatic N) is 1. The molecule has 2 amide bonds. The minimum atomic E-state index is -0.950. The number of hydrogen-bond donors (Lipinski definition) is 3. The maximum absolute atomic E-state index is 11.0. The van der Waals surface area contributed by atoms with Crippen molar-refractivity contribution < 1.29 is 19.5 Å². The lowest BCUT2D eigenvalue weighted by Crippen LogP contribution is -2.39. The van der Waals surface area contributed by atoms with E-state index in [4.69, 9.17) is 16.6 Å². The second-order valence-electron chi connectivity index (χ2n) is 4.42. The summed E-state index contributed by atoms with van der Waals surface area (Å²) in [5.41, 5.74) is 11.6. The standard InChI is InChI=1S/C13H17N3O4/c14-11(17)7-16(8-12(15)18)6-10-4-2-1-3-9(10)5-13(19)20/h1-4H,5-8H2,(H2,14,17)(H2,15,18)(H,19,20). The number of carbonyl (C=O) groups is 3. The van der Waals surface area contributed by atoms with E-state index in [-0.39, 0.29) is 26.1 Å². The van der Waals surface area contributed by atoms with Gasteiger partial charge in [-0.1, -0.05) is 24.3 Å². The van der Waals surface area contributed by atoms with E-state index in [1.807, 2.05) is 0 Å². The van der Waals surface area contributed by atoms with E-state index in [9.17, 15) is 14.4 Å². The predicted molar refractivity (Wildman–Crippen MR) is 71.4 cm³/mol. The van der Waals surface area contributed by atoms with Crippen molar-refractivity contribution in [1.29, 1.82) is 0 Å². The van der Waals surface area contributed by atoms with Crippen molar-refractivity contribution >= 4 is 17.8 Å². The molecule has 1 rings (SSSR count). The molecule has 0 aromatic heterocycles. The summed E-state index contributed by atoms with van der Waals surface area (Å²) in [4.78, 5) is 34.2. The zero-order valence-electron chi connectivity index (χ0n) is 10.9. The van der Waals surface area contributed by atoms with Gasteiger partial charge in [0, 0.05) is 6.54 Å². The van der Waals surface area contributed by atoms with Crippen molar-refractivity contribution in [3.8, 4) is 0 Å². The van der Waals surface area contributed by atoms with Gasteiger partial charge in [-0.25, -0.2) is 0 Å². The Morgan fingerprint density at radius 3 is 1.95 bits per heavy atom. The molecule has 0 heterocycles. The zero-order valence-corrected chi connectivity index (χ0v) is 10.9. The summed E-state index contributed by atoms with van der Waals surface area (Å²) in [6.45, 7) is -0.00990. The minimum Gasteiger partial charge on any atom is -0.481 e. The van der Waals surface area contributed by atoms with Gasteiger partial charge in [-0.15, -0.1) is 0 Å². The van der Waals surface area contributed by atoms with Gasteiger partial charge in [0.25, 0.3) is 0 Å². The predicted octanol–water partition coefficient (Wildman–Crippen LogP) is -0.914. The number of benzene rings is 1. The van der Waals surface area contributed by atoms with E-state index in [0.29, 0.717) is 5.56 Å². The number of amides is 2. The molecule has 1 aromatic rings. The van der Waals surface area contributed by atoms with Crippen molar-refractivity contribution in [3.05, 3.63) is 35.4 Å². The average molecular weight is 279 g/mol. The molecule has 20 heavy (non-hydrogen) atoms. The molecule has 0 spiro atoms. The first-order valence-corrected chi connectivity index (χ1v) is 5.96. The highest BCUT2D eigenvalue weighted by Gasteiger charge is 2.14. The van der Waals surface area contributed by atoms with Crippen LogP contribution in [0.1, 0.15) is 11.1 Å². The molecular formula is C13H17N3O4. The highest BCUT2D eigenvalue weighted by atomic mass is 16.4. The number of carbonyl (C=O) groups excluding carboxylic acids is 2. The van der Waals surface area contributed by atoms with E-state index in [1.165, 1.54) is 4.90 Å². The van der Waals surface area contributed by atoms with Crippen LogP contribution in [0.25, 0.3) is 0 Å². The SMILES string of the molecule is NC(=O)CN(CC(N)=O)Cc1ccccc1CC(=O)O. The fraction of sp³-hybridized carbons (Fsp3) is 0.308. The van der Waals surface area contributed by atoms with Gasteiger partial charge in [0.15, 0.2) is 0 Å². The number of nitrogens with two attached hydrogens (primary N) is 2. The van der Waals surface area contributed by atoms with Crippen LogP contribution < -0.4 is 11.5 Å². The quantitative estimate of drug-likeness (QED) is 0.567. The van der Waals surface area contributed by atoms with Crippen LogP contribution in [0.5, 0.6) is 0 Å². The van der Waals surface area contributed by atoms with Crippen molar-refractivity contribution in [2.45, 2.75) is 13.0 Å². The lowest BCUT2D eigenvalue weighted by Gasteiger charge is -2.20. The lowest BCUT2D eigenvalue weighted by atomic mass is 10.0. The Balaban J connectivity index is 2.89. The van der Waals surface area contributed by atoms with Crippen LogP contribution in [0, 0.1) is 0 Å². The fourth-order valence-corrected chi connectivity index (χ4v) is 1.90. The molecule has 0 aliphatic carbocycles. The monoisotopic (exact) mass is 279 g/mol. The van der Waals surface area contributed by atoms with E-state index in [0.717, 1.165) is 5.56 Å². The molecule has 0 bridgehead atoms. The first-order chi connectivity index (χ1) is 9.38. The van der Waals surface area contributed by atoms with E-state index >= 15 is 0 Å². The zero-order chi connectivity index (χ0) is 15.1. The first kappa shape index (κ1) is 15.6. The third-order valence-electron chi connectivity index (χ3n) is 2.61. The highest BCUT2D eigenvalue weighted by molar-refractivity contribution is 5.79. The van der Waals surface area contributed by atoms with Gasteiger partial charge >= 0.3 is 5.97 Å². The molecule has 1 aromatic carbocycles. The van der Waals surface area contributed by atoms with Crippen molar-refractivity contribution in [1.82, 2.24) is 4.90 Å². The van der Waals surface area contributed by atoms with Crippen LogP contribution in [0.3, 0.4) is 0 Å². The molecule has 7 nitrogen and oxygen atoms in total. The fourth-order valence-electron chi connectivity index (χ4n) is 1.90. The molecule has 0 saturated carbocycles. The number of carboxylic acids is 1. The van der Waals surface area contributed by atoms with E-state index < -0.39 is 17.8 Å². The Hall–Kier alpha value is -2.41. The molecule has 0 saturated heterocycles. The van der Waals surface area contributed by atoms with Crippen LogP contribution in [-0.4, -0.2) is 40.9 Å². The highest BCUT2D eigenvalue weighted by Crippen LogP contribution is 2.12. The third-order valence-corrected chi connectivity index (χ3v) is 2.61. The van der Waals surface area contributed by atoms with Gasteiger partial charge in [0.2, 0.25) is 11.8 Å². The van der Waals surface area contributed by atoms with Crippen LogP contribution in [0.15, 0.2) is 24.3 Å². The smallest absolute Gasteiger partial charge is 0.307 e. The van der Waals surface area contributed by atoms with Gasteiger partial charge in [-0.3, -0.25) is 19.3 Å². The first-order valence-electron chi connectivity index (χ1n) is 5.96. The molecule has 0 unspecified atom stereocenters. The summed E-state index contributed by atoms with van der Waals surface area (Å²) in [6, 6.07) is 6.92. The number of aliphatic carboxylic acids is 1. The van der Waals surface area contributed by atoms with Gasteiger partial charge in [0.05, 0.1) is 19.5 Å². The second-order valence-corrected chi connectivity index (χ2v) is 4.42. The van der Waals surface area contributed by atoms with Gasteiger partial charge in [-0.2, -0.15) is 0 Å². The second kappa shape index (κ2) is 7.25. The van der Waals surface area contributed by atoms with Gasteiger partial charge < -0.3 is 16.6 Å². The molecule has 0 aliphatic heterocycles. The summed E-state index contributed by atoms with van der Waals surface area (Å²) in [6.07, 6.45) is -0.128. The van der Waals surface area contributed by atoms with E-state index in [2.05, 4.69) is 0 Å².